The summed E-state index contributed by atoms with van der Waals surface area (Å²) in [4.78, 5) is 11.2. The Morgan fingerprint density at radius 2 is 2.00 bits per heavy atom. The van der Waals surface area contributed by atoms with E-state index in [-0.39, 0.29) is 6.61 Å². The molecular formula is C10H16O6. The van der Waals surface area contributed by atoms with Crippen molar-refractivity contribution in [2.24, 2.45) is 0 Å². The Bertz CT molecular complexity index is 310. The Labute approximate surface area is 93.1 Å². The molecule has 0 bridgehead atoms. The van der Waals surface area contributed by atoms with E-state index in [0.717, 1.165) is 0 Å². The lowest BCUT2D eigenvalue weighted by Crippen LogP contribution is -2.50. The van der Waals surface area contributed by atoms with Gasteiger partial charge in [-0.25, -0.2) is 4.79 Å². The van der Waals surface area contributed by atoms with Crippen LogP contribution in [0.25, 0.3) is 0 Å². The highest BCUT2D eigenvalue weighted by molar-refractivity contribution is 5.79. The fraction of sp³-hybridized carbons (Fsp3) is 0.900. The zero-order valence-corrected chi connectivity index (χ0v) is 9.47. The zero-order valence-electron chi connectivity index (χ0n) is 9.47. The minimum atomic E-state index is -1.65. The SMILES string of the molecule is CC1(C)OC[C@H]([C@H]2OC(=O)[C@@H](O)[C@@]2(C)O)O1. The van der Waals surface area contributed by atoms with Crippen LogP contribution in [0.4, 0.5) is 0 Å². The van der Waals surface area contributed by atoms with Crippen LogP contribution in [0.3, 0.4) is 0 Å². The average Bonchev–Trinajstić information content (AvgIpc) is 2.60. The molecular weight excluding hydrogens is 216 g/mol. The van der Waals surface area contributed by atoms with Crippen LogP contribution in [0.5, 0.6) is 0 Å². The Morgan fingerprint density at radius 3 is 2.38 bits per heavy atom. The van der Waals surface area contributed by atoms with E-state index >= 15 is 0 Å². The first-order chi connectivity index (χ1) is 7.24. The number of cyclic esters (lactones) is 1. The summed E-state index contributed by atoms with van der Waals surface area (Å²) in [5, 5.41) is 19.5. The number of hydrogen-bond acceptors (Lipinski definition) is 6. The highest BCUT2D eigenvalue weighted by atomic mass is 16.8. The van der Waals surface area contributed by atoms with Gasteiger partial charge >= 0.3 is 5.97 Å². The van der Waals surface area contributed by atoms with Crippen LogP contribution in [0.15, 0.2) is 0 Å². The maximum Gasteiger partial charge on any atom is 0.338 e. The molecule has 2 fully saturated rings. The van der Waals surface area contributed by atoms with E-state index in [1.54, 1.807) is 13.8 Å². The molecule has 0 aliphatic carbocycles. The Balaban J connectivity index is 2.15. The van der Waals surface area contributed by atoms with Crippen LogP contribution in [0.1, 0.15) is 20.8 Å². The third-order valence-electron chi connectivity index (χ3n) is 2.96. The molecule has 0 aromatic heterocycles. The fourth-order valence-corrected chi connectivity index (χ4v) is 2.02. The highest BCUT2D eigenvalue weighted by Gasteiger charge is 2.58. The van der Waals surface area contributed by atoms with Crippen molar-refractivity contribution in [3.63, 3.8) is 0 Å². The number of aliphatic hydroxyl groups excluding tert-OH is 1. The number of carbonyl (C=O) groups excluding carboxylic acids is 1. The number of ether oxygens (including phenoxy) is 3. The molecule has 0 saturated carbocycles. The van der Waals surface area contributed by atoms with E-state index in [9.17, 15) is 15.0 Å². The van der Waals surface area contributed by atoms with Gasteiger partial charge in [-0.15, -0.1) is 0 Å². The molecule has 0 aromatic rings. The summed E-state index contributed by atoms with van der Waals surface area (Å²) in [6, 6.07) is 0. The van der Waals surface area contributed by atoms with Gasteiger partial charge in [0.25, 0.3) is 0 Å². The maximum absolute atomic E-state index is 11.2. The molecule has 0 aromatic carbocycles. The number of hydrogen-bond donors (Lipinski definition) is 2. The zero-order chi connectivity index (χ0) is 12.1. The molecule has 2 rings (SSSR count). The smallest absolute Gasteiger partial charge is 0.338 e. The molecule has 0 amide bonds. The predicted octanol–water partition coefficient (Wildman–Crippen LogP) is -0.825. The number of aliphatic hydroxyl groups is 2. The van der Waals surface area contributed by atoms with Crippen LogP contribution in [0.2, 0.25) is 0 Å². The minimum Gasteiger partial charge on any atom is -0.454 e. The van der Waals surface area contributed by atoms with Crippen molar-refractivity contribution in [3.05, 3.63) is 0 Å². The molecule has 2 heterocycles. The van der Waals surface area contributed by atoms with Crippen molar-refractivity contribution in [1.82, 2.24) is 0 Å². The highest BCUT2D eigenvalue weighted by Crippen LogP contribution is 2.35. The van der Waals surface area contributed by atoms with Gasteiger partial charge in [0.2, 0.25) is 0 Å². The molecule has 0 unspecified atom stereocenters. The Hall–Kier alpha value is -0.690. The quantitative estimate of drug-likeness (QED) is 0.574. The molecule has 6 nitrogen and oxygen atoms in total. The van der Waals surface area contributed by atoms with Crippen molar-refractivity contribution in [2.45, 2.75) is 50.5 Å². The normalized spacial score (nSPS) is 47.1. The largest absolute Gasteiger partial charge is 0.454 e. The van der Waals surface area contributed by atoms with Gasteiger partial charge in [0, 0.05) is 0 Å². The van der Waals surface area contributed by atoms with Gasteiger partial charge in [-0.05, 0) is 20.8 Å². The standard InChI is InChI=1S/C10H16O6/c1-9(2)14-4-5(16-9)7-10(3,13)6(11)8(12)15-7/h5-7,11,13H,4H2,1-3H3/t5-,6-,7-,10-/m1/s1. The third-order valence-corrected chi connectivity index (χ3v) is 2.96. The maximum atomic E-state index is 11.2. The Morgan fingerprint density at radius 1 is 1.38 bits per heavy atom. The van der Waals surface area contributed by atoms with Gasteiger partial charge in [-0.3, -0.25) is 0 Å². The van der Waals surface area contributed by atoms with Gasteiger partial charge in [0.1, 0.15) is 11.7 Å². The van der Waals surface area contributed by atoms with Crippen molar-refractivity contribution in [1.29, 1.82) is 0 Å². The van der Waals surface area contributed by atoms with Crippen molar-refractivity contribution in [3.8, 4) is 0 Å². The predicted molar refractivity (Wildman–Crippen MR) is 51.4 cm³/mol. The lowest BCUT2D eigenvalue weighted by Gasteiger charge is -2.28. The molecule has 6 heteroatoms. The van der Waals surface area contributed by atoms with Gasteiger partial charge in [0.05, 0.1) is 6.61 Å². The summed E-state index contributed by atoms with van der Waals surface area (Å²) in [5.41, 5.74) is -1.65. The van der Waals surface area contributed by atoms with Crippen molar-refractivity contribution < 1.29 is 29.2 Å². The first-order valence-corrected chi connectivity index (χ1v) is 5.17. The second kappa shape index (κ2) is 3.40. The Kier molecular flexibility index (Phi) is 2.50. The van der Waals surface area contributed by atoms with E-state index in [1.807, 2.05) is 0 Å². The van der Waals surface area contributed by atoms with E-state index in [0.29, 0.717) is 0 Å². The van der Waals surface area contributed by atoms with Crippen LogP contribution < -0.4 is 0 Å². The second-order valence-electron chi connectivity index (χ2n) is 4.85. The molecule has 2 N–H and O–H groups in total. The van der Waals surface area contributed by atoms with Gasteiger partial charge in [-0.1, -0.05) is 0 Å². The summed E-state index contributed by atoms with van der Waals surface area (Å²) in [6.07, 6.45) is -3.01. The monoisotopic (exact) mass is 232 g/mol. The summed E-state index contributed by atoms with van der Waals surface area (Å²) in [5.74, 6) is -1.59. The van der Waals surface area contributed by atoms with Crippen LogP contribution in [0, 0.1) is 0 Å². The number of rotatable bonds is 1. The first-order valence-electron chi connectivity index (χ1n) is 5.17. The molecule has 4 atom stereocenters. The number of esters is 1. The van der Waals surface area contributed by atoms with Gasteiger partial charge < -0.3 is 24.4 Å². The summed E-state index contributed by atoms with van der Waals surface area (Å²) in [7, 11) is 0. The lowest BCUT2D eigenvalue weighted by atomic mass is 9.92. The van der Waals surface area contributed by atoms with E-state index < -0.39 is 35.7 Å². The lowest BCUT2D eigenvalue weighted by molar-refractivity contribution is -0.173. The van der Waals surface area contributed by atoms with Crippen molar-refractivity contribution in [2.75, 3.05) is 6.61 Å². The minimum absolute atomic E-state index is 0.216. The van der Waals surface area contributed by atoms with Gasteiger partial charge in [0.15, 0.2) is 18.0 Å². The second-order valence-corrected chi connectivity index (χ2v) is 4.85. The fourth-order valence-electron chi connectivity index (χ4n) is 2.02. The third kappa shape index (κ3) is 1.71. The van der Waals surface area contributed by atoms with Crippen LogP contribution in [-0.2, 0) is 19.0 Å². The molecule has 0 radical (unpaired) electrons. The first kappa shape index (κ1) is 11.8. The molecule has 2 saturated heterocycles. The van der Waals surface area contributed by atoms with Crippen LogP contribution in [-0.4, -0.2) is 52.5 Å². The summed E-state index contributed by atoms with van der Waals surface area (Å²) in [6.45, 7) is 5.03. The molecule has 0 spiro atoms. The summed E-state index contributed by atoms with van der Waals surface area (Å²) < 4.78 is 15.7. The van der Waals surface area contributed by atoms with E-state index in [2.05, 4.69) is 0 Å². The van der Waals surface area contributed by atoms with E-state index in [4.69, 9.17) is 14.2 Å². The van der Waals surface area contributed by atoms with Gasteiger partial charge in [-0.2, -0.15) is 0 Å². The average molecular weight is 232 g/mol. The number of carbonyl (C=O) groups is 1. The van der Waals surface area contributed by atoms with Crippen molar-refractivity contribution >= 4 is 5.97 Å². The van der Waals surface area contributed by atoms with Crippen LogP contribution >= 0.6 is 0 Å². The molecule has 2 aliphatic rings. The topological polar surface area (TPSA) is 85.2 Å². The molecule has 2 aliphatic heterocycles. The molecule has 92 valence electrons. The van der Waals surface area contributed by atoms with E-state index in [1.165, 1.54) is 6.92 Å². The molecule has 16 heavy (non-hydrogen) atoms. The summed E-state index contributed by atoms with van der Waals surface area (Å²) >= 11 is 0.